The van der Waals surface area contributed by atoms with E-state index in [9.17, 15) is 23.1 Å². The predicted octanol–water partition coefficient (Wildman–Crippen LogP) is 1.27. The molecule has 0 radical (unpaired) electrons. The van der Waals surface area contributed by atoms with Crippen LogP contribution in [0.2, 0.25) is 0 Å². The van der Waals surface area contributed by atoms with Crippen LogP contribution in [-0.2, 0) is 14.3 Å². The van der Waals surface area contributed by atoms with Gasteiger partial charge in [-0.05, 0) is 13.3 Å². The molecule has 0 fully saturated rings. The van der Waals surface area contributed by atoms with Gasteiger partial charge in [-0.1, -0.05) is 0 Å². The molecule has 0 aliphatic heterocycles. The third kappa shape index (κ3) is 6.62. The lowest BCUT2D eigenvalue weighted by atomic mass is 10.1. The quantitative estimate of drug-likeness (QED) is 0.564. The summed E-state index contributed by atoms with van der Waals surface area (Å²) >= 11 is 0. The first-order valence-corrected chi connectivity index (χ1v) is 4.64. The van der Waals surface area contributed by atoms with E-state index in [1.54, 1.807) is 0 Å². The third-order valence-electron chi connectivity index (χ3n) is 1.76. The van der Waals surface area contributed by atoms with Crippen LogP contribution in [0.25, 0.3) is 0 Å². The normalized spacial score (nSPS) is 15.6. The molecule has 4 nitrogen and oxygen atoms in total. The standard InChI is InChI=1S/C9H15F3O4/c1-8(14,7(13)15-2)6-16-5-3-4-9(10,11)12/h14H,3-6H2,1-2H3. The molecule has 1 N–H and O–H groups in total. The van der Waals surface area contributed by atoms with E-state index in [1.807, 2.05) is 0 Å². The Labute approximate surface area is 91.3 Å². The van der Waals surface area contributed by atoms with Gasteiger partial charge in [0.2, 0.25) is 0 Å². The topological polar surface area (TPSA) is 55.8 Å². The second kappa shape index (κ2) is 6.05. The fraction of sp³-hybridized carbons (Fsp3) is 0.889. The highest BCUT2D eigenvalue weighted by Crippen LogP contribution is 2.21. The number of rotatable bonds is 6. The maximum atomic E-state index is 11.7. The first-order valence-electron chi connectivity index (χ1n) is 4.64. The van der Waals surface area contributed by atoms with E-state index in [2.05, 4.69) is 4.74 Å². The number of ether oxygens (including phenoxy) is 2. The summed E-state index contributed by atoms with van der Waals surface area (Å²) in [4.78, 5) is 10.9. The van der Waals surface area contributed by atoms with Gasteiger partial charge >= 0.3 is 12.1 Å². The highest BCUT2D eigenvalue weighted by atomic mass is 19.4. The average Bonchev–Trinajstić information content (AvgIpc) is 2.14. The van der Waals surface area contributed by atoms with Crippen molar-refractivity contribution in [2.75, 3.05) is 20.3 Å². The smallest absolute Gasteiger partial charge is 0.389 e. The van der Waals surface area contributed by atoms with Crippen molar-refractivity contribution in [1.82, 2.24) is 0 Å². The Hall–Kier alpha value is -0.820. The van der Waals surface area contributed by atoms with Crippen molar-refractivity contribution in [3.63, 3.8) is 0 Å². The summed E-state index contributed by atoms with van der Waals surface area (Å²) < 4.78 is 44.2. The molecule has 1 atom stereocenters. The zero-order chi connectivity index (χ0) is 12.8. The van der Waals surface area contributed by atoms with Crippen LogP contribution in [0, 0.1) is 0 Å². The minimum Gasteiger partial charge on any atom is -0.467 e. The highest BCUT2D eigenvalue weighted by Gasteiger charge is 2.32. The van der Waals surface area contributed by atoms with Gasteiger partial charge in [-0.25, -0.2) is 4.79 Å². The van der Waals surface area contributed by atoms with Crippen LogP contribution < -0.4 is 0 Å². The Balaban J connectivity index is 3.70. The molecule has 0 spiro atoms. The molecule has 0 bridgehead atoms. The van der Waals surface area contributed by atoms with Crippen molar-refractivity contribution in [2.45, 2.75) is 31.5 Å². The molecule has 7 heteroatoms. The maximum absolute atomic E-state index is 11.7. The van der Waals surface area contributed by atoms with Crippen molar-refractivity contribution in [3.05, 3.63) is 0 Å². The van der Waals surface area contributed by atoms with Gasteiger partial charge in [0, 0.05) is 13.0 Å². The van der Waals surface area contributed by atoms with Gasteiger partial charge < -0.3 is 14.6 Å². The number of methoxy groups -OCH3 is 1. The fourth-order valence-corrected chi connectivity index (χ4v) is 0.924. The number of carbonyl (C=O) groups is 1. The summed E-state index contributed by atoms with van der Waals surface area (Å²) in [6.07, 6.45) is -5.37. The summed E-state index contributed by atoms with van der Waals surface area (Å²) in [7, 11) is 1.10. The van der Waals surface area contributed by atoms with Gasteiger partial charge in [0.1, 0.15) is 0 Å². The van der Waals surface area contributed by atoms with Gasteiger partial charge in [-0.3, -0.25) is 0 Å². The van der Waals surface area contributed by atoms with Crippen LogP contribution in [-0.4, -0.2) is 43.2 Å². The molecule has 0 heterocycles. The van der Waals surface area contributed by atoms with Crippen LogP contribution in [0.15, 0.2) is 0 Å². The van der Waals surface area contributed by atoms with E-state index in [0.717, 1.165) is 7.11 Å². The average molecular weight is 244 g/mol. The number of esters is 1. The zero-order valence-electron chi connectivity index (χ0n) is 9.13. The van der Waals surface area contributed by atoms with Crippen LogP contribution in [0.1, 0.15) is 19.8 Å². The molecular weight excluding hydrogens is 229 g/mol. The minimum absolute atomic E-state index is 0.174. The van der Waals surface area contributed by atoms with Crippen LogP contribution in [0.3, 0.4) is 0 Å². The lowest BCUT2D eigenvalue weighted by molar-refractivity contribution is -0.167. The summed E-state index contributed by atoms with van der Waals surface area (Å²) in [6, 6.07) is 0. The molecule has 0 saturated heterocycles. The Morgan fingerprint density at radius 1 is 1.38 bits per heavy atom. The van der Waals surface area contributed by atoms with Gasteiger partial charge in [-0.2, -0.15) is 13.2 Å². The van der Waals surface area contributed by atoms with Crippen molar-refractivity contribution < 1.29 is 32.5 Å². The van der Waals surface area contributed by atoms with E-state index < -0.39 is 30.8 Å². The Morgan fingerprint density at radius 2 is 1.94 bits per heavy atom. The van der Waals surface area contributed by atoms with Crippen LogP contribution in [0.4, 0.5) is 13.2 Å². The van der Waals surface area contributed by atoms with E-state index in [1.165, 1.54) is 6.92 Å². The molecule has 1 unspecified atom stereocenters. The molecule has 96 valence electrons. The zero-order valence-corrected chi connectivity index (χ0v) is 9.13. The van der Waals surface area contributed by atoms with E-state index in [4.69, 9.17) is 4.74 Å². The second-order valence-electron chi connectivity index (χ2n) is 3.54. The van der Waals surface area contributed by atoms with Gasteiger partial charge in [0.05, 0.1) is 13.7 Å². The number of carbonyl (C=O) groups excluding carboxylic acids is 1. The Bertz CT molecular complexity index is 225. The molecule has 0 aromatic carbocycles. The Morgan fingerprint density at radius 3 is 2.38 bits per heavy atom. The second-order valence-corrected chi connectivity index (χ2v) is 3.54. The molecule has 0 amide bonds. The van der Waals surface area contributed by atoms with Crippen molar-refractivity contribution >= 4 is 5.97 Å². The lowest BCUT2D eigenvalue weighted by Gasteiger charge is -2.19. The molecule has 0 aliphatic rings. The fourth-order valence-electron chi connectivity index (χ4n) is 0.924. The van der Waals surface area contributed by atoms with E-state index in [-0.39, 0.29) is 13.0 Å². The number of halogens is 3. The summed E-state index contributed by atoms with van der Waals surface area (Å²) in [5.41, 5.74) is -1.83. The summed E-state index contributed by atoms with van der Waals surface area (Å²) in [5.74, 6) is -0.886. The predicted molar refractivity (Wildman–Crippen MR) is 48.7 cm³/mol. The summed E-state index contributed by atoms with van der Waals surface area (Å²) in [6.45, 7) is 0.604. The molecule has 0 aliphatic carbocycles. The van der Waals surface area contributed by atoms with Crippen molar-refractivity contribution in [3.8, 4) is 0 Å². The first kappa shape index (κ1) is 15.2. The van der Waals surface area contributed by atoms with Gasteiger partial charge in [0.25, 0.3) is 0 Å². The molecule has 0 saturated carbocycles. The van der Waals surface area contributed by atoms with Gasteiger partial charge in [-0.15, -0.1) is 0 Å². The SMILES string of the molecule is COC(=O)C(C)(O)COCCCC(F)(F)F. The van der Waals surface area contributed by atoms with Crippen molar-refractivity contribution in [2.24, 2.45) is 0 Å². The van der Waals surface area contributed by atoms with Crippen molar-refractivity contribution in [1.29, 1.82) is 0 Å². The molecule has 0 aromatic heterocycles. The Kier molecular flexibility index (Phi) is 5.74. The third-order valence-corrected chi connectivity index (χ3v) is 1.76. The number of aliphatic hydroxyl groups is 1. The molecule has 0 aromatic rings. The minimum atomic E-state index is -4.21. The number of hydrogen-bond acceptors (Lipinski definition) is 4. The first-order chi connectivity index (χ1) is 7.19. The molecule has 16 heavy (non-hydrogen) atoms. The molecule has 0 rings (SSSR count). The largest absolute Gasteiger partial charge is 0.467 e. The monoisotopic (exact) mass is 244 g/mol. The molecular formula is C9H15F3O4. The lowest BCUT2D eigenvalue weighted by Crippen LogP contribution is -2.41. The van der Waals surface area contributed by atoms with E-state index >= 15 is 0 Å². The maximum Gasteiger partial charge on any atom is 0.389 e. The summed E-state index contributed by atoms with van der Waals surface area (Å²) in [5, 5.41) is 9.42. The van der Waals surface area contributed by atoms with Gasteiger partial charge in [0.15, 0.2) is 5.60 Å². The highest BCUT2D eigenvalue weighted by molar-refractivity contribution is 5.78. The van der Waals surface area contributed by atoms with Crippen LogP contribution >= 0.6 is 0 Å². The number of hydrogen-bond donors (Lipinski definition) is 1. The number of alkyl halides is 3. The van der Waals surface area contributed by atoms with Crippen LogP contribution in [0.5, 0.6) is 0 Å². The van der Waals surface area contributed by atoms with E-state index in [0.29, 0.717) is 0 Å².